The molecule has 0 saturated carbocycles. The first-order chi connectivity index (χ1) is 16.0. The Kier molecular flexibility index (Phi) is 6.79. The van der Waals surface area contributed by atoms with Crippen LogP contribution in [0.3, 0.4) is 0 Å². The van der Waals surface area contributed by atoms with E-state index in [1.54, 1.807) is 24.5 Å². The lowest BCUT2D eigenvalue weighted by atomic mass is 9.77. The molecule has 0 unspecified atom stereocenters. The predicted octanol–water partition coefficient (Wildman–Crippen LogP) is 4.41. The van der Waals surface area contributed by atoms with Crippen LogP contribution in [0, 0.1) is 22.7 Å². The van der Waals surface area contributed by atoms with Crippen molar-refractivity contribution >= 4 is 40.7 Å². The molecule has 1 aliphatic heterocycles. The number of benzene rings is 1. The summed E-state index contributed by atoms with van der Waals surface area (Å²) >= 11 is 7.17. The average molecular weight is 476 g/mol. The van der Waals surface area contributed by atoms with Crippen molar-refractivity contribution < 1.29 is 9.59 Å². The molecular formula is C24H18ClN5O2S. The van der Waals surface area contributed by atoms with Crippen LogP contribution in [0.2, 0.25) is 5.02 Å². The van der Waals surface area contributed by atoms with Crippen LogP contribution in [0.25, 0.3) is 0 Å². The first kappa shape index (κ1) is 22.6. The lowest BCUT2D eigenvalue weighted by Gasteiger charge is -2.33. The summed E-state index contributed by atoms with van der Waals surface area (Å²) < 4.78 is 0. The van der Waals surface area contributed by atoms with Crippen molar-refractivity contribution in [1.29, 1.82) is 10.5 Å². The van der Waals surface area contributed by atoms with Crippen LogP contribution in [0.15, 0.2) is 64.6 Å². The van der Waals surface area contributed by atoms with E-state index in [9.17, 15) is 20.1 Å². The van der Waals surface area contributed by atoms with Gasteiger partial charge in [0, 0.05) is 35.1 Å². The van der Waals surface area contributed by atoms with Gasteiger partial charge in [0.05, 0.1) is 39.6 Å². The highest BCUT2D eigenvalue weighted by Gasteiger charge is 2.37. The van der Waals surface area contributed by atoms with Gasteiger partial charge in [-0.15, -0.1) is 0 Å². The number of thioether (sulfide) groups is 1. The lowest BCUT2D eigenvalue weighted by Crippen LogP contribution is -2.31. The molecular weight excluding hydrogens is 458 g/mol. The van der Waals surface area contributed by atoms with Gasteiger partial charge in [-0.3, -0.25) is 14.6 Å². The molecule has 2 N–H and O–H groups in total. The maximum Gasteiger partial charge on any atom is 0.234 e. The van der Waals surface area contributed by atoms with Crippen molar-refractivity contribution in [3.05, 3.63) is 80.7 Å². The number of nitrogens with one attached hydrogen (secondary N) is 2. The van der Waals surface area contributed by atoms with Crippen molar-refractivity contribution in [2.75, 3.05) is 11.1 Å². The number of carbonyl (C=O) groups excluding carboxylic acids is 2. The molecule has 33 heavy (non-hydrogen) atoms. The molecule has 0 fully saturated rings. The van der Waals surface area contributed by atoms with Crippen molar-refractivity contribution in [3.63, 3.8) is 0 Å². The molecule has 0 saturated heterocycles. The molecule has 0 radical (unpaired) electrons. The molecule has 7 nitrogen and oxygen atoms in total. The largest absolute Gasteiger partial charge is 0.352 e. The second kappa shape index (κ2) is 9.91. The van der Waals surface area contributed by atoms with Crippen LogP contribution in [-0.4, -0.2) is 22.4 Å². The maximum absolute atomic E-state index is 12.8. The van der Waals surface area contributed by atoms with Gasteiger partial charge in [-0.05, 0) is 42.7 Å². The molecule has 0 spiro atoms. The fraction of sp³-hybridized carbons (Fsp3) is 0.208. The number of carbonyl (C=O) groups is 2. The van der Waals surface area contributed by atoms with Gasteiger partial charge in [0.25, 0.3) is 0 Å². The Balaban J connectivity index is 1.60. The topological polar surface area (TPSA) is 119 Å². The number of allylic oxidation sites excluding steroid dienone is 3. The number of hydrogen-bond donors (Lipinski definition) is 2. The number of rotatable bonds is 5. The van der Waals surface area contributed by atoms with E-state index < -0.39 is 5.92 Å². The molecule has 2 heterocycles. The Labute approximate surface area is 200 Å². The fourth-order valence-corrected chi connectivity index (χ4v) is 4.99. The number of nitriles is 2. The molecule has 1 aromatic carbocycles. The summed E-state index contributed by atoms with van der Waals surface area (Å²) in [6.45, 7) is 0. The van der Waals surface area contributed by atoms with E-state index in [4.69, 9.17) is 11.6 Å². The third kappa shape index (κ3) is 4.78. The van der Waals surface area contributed by atoms with Gasteiger partial charge in [0.1, 0.15) is 6.07 Å². The van der Waals surface area contributed by atoms with Crippen LogP contribution in [0.4, 0.5) is 5.69 Å². The monoisotopic (exact) mass is 475 g/mol. The number of amides is 1. The second-order valence-electron chi connectivity index (χ2n) is 7.51. The molecule has 1 aliphatic carbocycles. The number of hydrogen-bond acceptors (Lipinski definition) is 7. The third-order valence-corrected chi connectivity index (χ3v) is 6.66. The van der Waals surface area contributed by atoms with Crippen molar-refractivity contribution in [1.82, 2.24) is 10.3 Å². The molecule has 1 amide bonds. The van der Waals surface area contributed by atoms with Crippen LogP contribution >= 0.6 is 23.4 Å². The Hall–Kier alpha value is -3.59. The SMILES string of the molecule is N#CC1=C(SCC(=O)Nc2cc(Cl)ccc2C#N)NC2=C(C(=O)CCC2)[C@H]1c1cccnc1. The summed E-state index contributed by atoms with van der Waals surface area (Å²) in [7, 11) is 0. The summed E-state index contributed by atoms with van der Waals surface area (Å²) in [6.07, 6.45) is 5.18. The standard InChI is InChI=1S/C24H18ClN5O2S/c25-16-7-6-14(10-26)19(9-16)29-21(32)13-33-24-17(11-27)22(15-3-2-8-28-12-15)23-18(30-24)4-1-5-20(23)31/h2-3,6-9,12,22,30H,1,4-5,13H2,(H,29,32)/t22-/m0/s1. The first-order valence-electron chi connectivity index (χ1n) is 10.2. The molecule has 1 atom stereocenters. The number of aromatic nitrogens is 1. The van der Waals surface area contributed by atoms with Crippen LogP contribution in [0.5, 0.6) is 0 Å². The van der Waals surface area contributed by atoms with E-state index in [2.05, 4.69) is 21.7 Å². The second-order valence-corrected chi connectivity index (χ2v) is 8.93. The number of halogens is 1. The normalized spacial score (nSPS) is 17.5. The van der Waals surface area contributed by atoms with E-state index in [1.165, 1.54) is 23.9 Å². The fourth-order valence-electron chi connectivity index (χ4n) is 3.96. The molecule has 9 heteroatoms. The average Bonchev–Trinajstić information content (AvgIpc) is 2.82. The van der Waals surface area contributed by atoms with Gasteiger partial charge < -0.3 is 10.6 Å². The van der Waals surface area contributed by atoms with Crippen molar-refractivity contribution in [2.45, 2.75) is 25.2 Å². The minimum atomic E-state index is -0.517. The third-order valence-electron chi connectivity index (χ3n) is 5.40. The van der Waals surface area contributed by atoms with Gasteiger partial charge in [-0.25, -0.2) is 0 Å². The van der Waals surface area contributed by atoms with E-state index in [0.717, 1.165) is 17.7 Å². The minimum absolute atomic E-state index is 0.00121. The smallest absolute Gasteiger partial charge is 0.234 e. The number of anilines is 1. The van der Waals surface area contributed by atoms with Crippen molar-refractivity contribution in [2.24, 2.45) is 0 Å². The molecule has 2 aromatic rings. The Morgan fingerprint density at radius 2 is 2.12 bits per heavy atom. The summed E-state index contributed by atoms with van der Waals surface area (Å²) in [5.74, 6) is -0.836. The number of dihydropyridines is 1. The predicted molar refractivity (Wildman–Crippen MR) is 126 cm³/mol. The minimum Gasteiger partial charge on any atom is -0.352 e. The van der Waals surface area contributed by atoms with Gasteiger partial charge in [0.15, 0.2) is 5.78 Å². The zero-order valence-corrected chi connectivity index (χ0v) is 19.0. The van der Waals surface area contributed by atoms with Gasteiger partial charge in [0.2, 0.25) is 5.91 Å². The highest BCUT2D eigenvalue weighted by atomic mass is 35.5. The molecule has 4 rings (SSSR count). The Morgan fingerprint density at radius 1 is 1.27 bits per heavy atom. The molecule has 164 valence electrons. The summed E-state index contributed by atoms with van der Waals surface area (Å²) in [5.41, 5.74) is 3.19. The summed E-state index contributed by atoms with van der Waals surface area (Å²) in [6, 6.07) is 12.5. The van der Waals surface area contributed by atoms with Gasteiger partial charge in [-0.1, -0.05) is 29.4 Å². The first-order valence-corrected chi connectivity index (χ1v) is 11.6. The van der Waals surface area contributed by atoms with Crippen LogP contribution in [0.1, 0.15) is 36.3 Å². The summed E-state index contributed by atoms with van der Waals surface area (Å²) in [5, 5.41) is 26.1. The quantitative estimate of drug-likeness (QED) is 0.657. The van der Waals surface area contributed by atoms with E-state index in [-0.39, 0.29) is 17.4 Å². The Morgan fingerprint density at radius 3 is 2.85 bits per heavy atom. The molecule has 2 aliphatic rings. The van der Waals surface area contributed by atoms with E-state index >= 15 is 0 Å². The van der Waals surface area contributed by atoms with Crippen LogP contribution in [-0.2, 0) is 9.59 Å². The zero-order chi connectivity index (χ0) is 23.4. The highest BCUT2D eigenvalue weighted by molar-refractivity contribution is 8.03. The van der Waals surface area contributed by atoms with Gasteiger partial charge in [-0.2, -0.15) is 10.5 Å². The molecule has 0 bridgehead atoms. The van der Waals surface area contributed by atoms with Crippen molar-refractivity contribution in [3.8, 4) is 12.1 Å². The number of nitrogens with zero attached hydrogens (tertiary/aromatic N) is 3. The lowest BCUT2D eigenvalue weighted by molar-refractivity contribution is -0.116. The zero-order valence-electron chi connectivity index (χ0n) is 17.4. The Bertz CT molecular complexity index is 1270. The van der Waals surface area contributed by atoms with E-state index in [0.29, 0.717) is 45.3 Å². The van der Waals surface area contributed by atoms with E-state index in [1.807, 2.05) is 12.1 Å². The highest BCUT2D eigenvalue weighted by Crippen LogP contribution is 2.43. The van der Waals surface area contributed by atoms with Crippen LogP contribution < -0.4 is 10.6 Å². The van der Waals surface area contributed by atoms with Gasteiger partial charge >= 0.3 is 0 Å². The summed E-state index contributed by atoms with van der Waals surface area (Å²) in [4.78, 5) is 29.6. The number of ketones is 1. The number of pyridine rings is 1. The number of Topliss-reactive ketones (excluding diaryl/α,β-unsaturated/α-hetero) is 1. The molecule has 1 aromatic heterocycles. The maximum atomic E-state index is 12.8.